The zero-order valence-corrected chi connectivity index (χ0v) is 19.9. The van der Waals surface area contributed by atoms with Crippen LogP contribution in [0.25, 0.3) is 0 Å². The van der Waals surface area contributed by atoms with Gasteiger partial charge < -0.3 is 0 Å². The fourth-order valence-corrected chi connectivity index (χ4v) is 4.67. The van der Waals surface area contributed by atoms with Crippen molar-refractivity contribution in [3.8, 4) is 0 Å². The van der Waals surface area contributed by atoms with Gasteiger partial charge in [0.15, 0.2) is 0 Å². The Kier molecular flexibility index (Phi) is 6.93. The van der Waals surface area contributed by atoms with E-state index in [0.717, 1.165) is 34.9 Å². The highest BCUT2D eigenvalue weighted by Gasteiger charge is 2.37. The van der Waals surface area contributed by atoms with Gasteiger partial charge in [-0.1, -0.05) is 45.0 Å². The van der Waals surface area contributed by atoms with Crippen LogP contribution in [0, 0.1) is 11.8 Å². The molecule has 0 fully saturated rings. The van der Waals surface area contributed by atoms with Gasteiger partial charge in [-0.05, 0) is 73.7 Å². The van der Waals surface area contributed by atoms with Crippen LogP contribution in [-0.4, -0.2) is 19.9 Å². The van der Waals surface area contributed by atoms with Crippen molar-refractivity contribution in [2.45, 2.75) is 45.4 Å². The van der Waals surface area contributed by atoms with Gasteiger partial charge in [-0.2, -0.15) is 0 Å². The van der Waals surface area contributed by atoms with Gasteiger partial charge in [-0.15, -0.1) is 0 Å². The topological polar surface area (TPSA) is 51.6 Å². The van der Waals surface area contributed by atoms with Crippen molar-refractivity contribution in [3.05, 3.63) is 120 Å². The van der Waals surface area contributed by atoms with Crippen LogP contribution in [0.4, 0.5) is 0 Å². The third-order valence-corrected chi connectivity index (χ3v) is 6.71. The quantitative estimate of drug-likeness (QED) is 0.328. The Morgan fingerprint density at radius 1 is 0.667 bits per heavy atom. The Balaban J connectivity index is 1.68. The van der Waals surface area contributed by atoms with Crippen LogP contribution in [0.5, 0.6) is 0 Å². The highest BCUT2D eigenvalue weighted by Crippen LogP contribution is 2.38. The first-order valence-corrected chi connectivity index (χ1v) is 11.7. The van der Waals surface area contributed by atoms with Crippen LogP contribution in [0.15, 0.2) is 91.4 Å². The molecule has 33 heavy (non-hydrogen) atoms. The maximum atomic E-state index is 5.13. The first kappa shape index (κ1) is 22.8. The molecule has 0 aliphatic rings. The second-order valence-electron chi connectivity index (χ2n) is 9.27. The second-order valence-corrected chi connectivity index (χ2v) is 9.27. The molecule has 4 nitrogen and oxygen atoms in total. The van der Waals surface area contributed by atoms with Gasteiger partial charge in [0.25, 0.3) is 0 Å². The molecule has 0 aromatic carbocycles. The molecule has 0 spiro atoms. The molecule has 0 saturated heterocycles. The standard InChI is InChI=1S/C29H32N4/c1-21(2)28(24-13-5-8-17-30-24)25-14-11-12-23(33-25)20-22(3)29(4,26-15-6-9-18-31-26)27-16-7-10-19-32-27/h5-19,21-22,28H,20H2,1-4H3. The highest BCUT2D eigenvalue weighted by atomic mass is 14.8. The molecule has 4 aromatic rings. The van der Waals surface area contributed by atoms with Gasteiger partial charge in [-0.25, -0.2) is 0 Å². The summed E-state index contributed by atoms with van der Waals surface area (Å²) in [6.45, 7) is 8.98. The second kappa shape index (κ2) is 10.0. The van der Waals surface area contributed by atoms with E-state index in [-0.39, 0.29) is 17.3 Å². The summed E-state index contributed by atoms with van der Waals surface area (Å²) in [5.74, 6) is 0.796. The Labute approximate surface area is 197 Å². The summed E-state index contributed by atoms with van der Waals surface area (Å²) in [5, 5.41) is 0. The van der Waals surface area contributed by atoms with E-state index in [9.17, 15) is 0 Å². The highest BCUT2D eigenvalue weighted by molar-refractivity contribution is 5.32. The number of hydrogen-bond acceptors (Lipinski definition) is 4. The zero-order chi connectivity index (χ0) is 23.3. The average Bonchev–Trinajstić information content (AvgIpc) is 2.85. The number of nitrogens with zero attached hydrogens (tertiary/aromatic N) is 4. The van der Waals surface area contributed by atoms with E-state index in [4.69, 9.17) is 15.0 Å². The van der Waals surface area contributed by atoms with Gasteiger partial charge in [-0.3, -0.25) is 19.9 Å². The lowest BCUT2D eigenvalue weighted by molar-refractivity contribution is 0.351. The number of pyridine rings is 4. The zero-order valence-electron chi connectivity index (χ0n) is 19.9. The molecule has 0 bridgehead atoms. The van der Waals surface area contributed by atoms with Gasteiger partial charge in [0, 0.05) is 41.6 Å². The predicted molar refractivity (Wildman–Crippen MR) is 133 cm³/mol. The number of aromatic nitrogens is 4. The van der Waals surface area contributed by atoms with Crippen LogP contribution in [0.2, 0.25) is 0 Å². The summed E-state index contributed by atoms with van der Waals surface area (Å²) in [7, 11) is 0. The minimum absolute atomic E-state index is 0.166. The van der Waals surface area contributed by atoms with E-state index in [1.165, 1.54) is 0 Å². The molecule has 0 amide bonds. The molecule has 168 valence electrons. The summed E-state index contributed by atoms with van der Waals surface area (Å²) in [5.41, 5.74) is 4.95. The van der Waals surface area contributed by atoms with Crippen molar-refractivity contribution in [3.63, 3.8) is 0 Å². The van der Waals surface area contributed by atoms with Crippen molar-refractivity contribution in [2.24, 2.45) is 11.8 Å². The van der Waals surface area contributed by atoms with Crippen molar-refractivity contribution in [1.82, 2.24) is 19.9 Å². The van der Waals surface area contributed by atoms with Gasteiger partial charge in [0.2, 0.25) is 0 Å². The minimum Gasteiger partial charge on any atom is -0.261 e. The maximum absolute atomic E-state index is 5.13. The fraction of sp³-hybridized carbons (Fsp3) is 0.310. The molecule has 4 heterocycles. The molecular weight excluding hydrogens is 404 g/mol. The molecule has 0 N–H and O–H groups in total. The number of rotatable bonds is 8. The van der Waals surface area contributed by atoms with Crippen molar-refractivity contribution in [1.29, 1.82) is 0 Å². The molecule has 4 aromatic heterocycles. The van der Waals surface area contributed by atoms with E-state index in [0.29, 0.717) is 5.92 Å². The third kappa shape index (κ3) is 4.85. The third-order valence-electron chi connectivity index (χ3n) is 6.71. The first-order chi connectivity index (χ1) is 16.0. The Bertz CT molecular complexity index is 1100. The maximum Gasteiger partial charge on any atom is 0.0548 e. The lowest BCUT2D eigenvalue weighted by Gasteiger charge is -2.35. The predicted octanol–water partition coefficient (Wildman–Crippen LogP) is 6.24. The van der Waals surface area contributed by atoms with Crippen molar-refractivity contribution < 1.29 is 0 Å². The lowest BCUT2D eigenvalue weighted by atomic mass is 9.70. The van der Waals surface area contributed by atoms with E-state index >= 15 is 0 Å². The Morgan fingerprint density at radius 2 is 1.24 bits per heavy atom. The molecule has 4 heteroatoms. The SMILES string of the molecule is CC(C)C(c1ccccn1)c1cccc(CC(C)C(C)(c2ccccn2)c2ccccn2)n1. The molecule has 0 radical (unpaired) electrons. The summed E-state index contributed by atoms with van der Waals surface area (Å²) in [4.78, 5) is 19.2. The van der Waals surface area contributed by atoms with E-state index in [1.54, 1.807) is 0 Å². The minimum atomic E-state index is -0.335. The Morgan fingerprint density at radius 3 is 1.76 bits per heavy atom. The van der Waals surface area contributed by atoms with Crippen LogP contribution in [-0.2, 0) is 11.8 Å². The fourth-order valence-electron chi connectivity index (χ4n) is 4.67. The molecule has 4 rings (SSSR count). The van der Waals surface area contributed by atoms with Gasteiger partial charge >= 0.3 is 0 Å². The summed E-state index contributed by atoms with van der Waals surface area (Å²) in [6, 6.07) is 24.7. The first-order valence-electron chi connectivity index (χ1n) is 11.7. The van der Waals surface area contributed by atoms with Crippen molar-refractivity contribution >= 4 is 0 Å². The lowest BCUT2D eigenvalue weighted by Crippen LogP contribution is -2.35. The van der Waals surface area contributed by atoms with Gasteiger partial charge in [0.1, 0.15) is 0 Å². The molecule has 0 aliphatic heterocycles. The number of hydrogen-bond donors (Lipinski definition) is 0. The molecular formula is C29H32N4. The summed E-state index contributed by atoms with van der Waals surface area (Å²) in [6.07, 6.45) is 6.41. The smallest absolute Gasteiger partial charge is 0.0548 e. The van der Waals surface area contributed by atoms with E-state index in [1.807, 2.05) is 36.8 Å². The summed E-state index contributed by atoms with van der Waals surface area (Å²) < 4.78 is 0. The van der Waals surface area contributed by atoms with Crippen LogP contribution < -0.4 is 0 Å². The monoisotopic (exact) mass is 436 g/mol. The normalized spacial score (nSPS) is 13.6. The van der Waals surface area contributed by atoms with E-state index < -0.39 is 0 Å². The molecule has 2 unspecified atom stereocenters. The van der Waals surface area contributed by atoms with Crippen LogP contribution in [0.1, 0.15) is 62.1 Å². The molecule has 2 atom stereocenters. The van der Waals surface area contributed by atoms with E-state index in [2.05, 4.69) is 87.3 Å². The van der Waals surface area contributed by atoms with Crippen LogP contribution >= 0.6 is 0 Å². The van der Waals surface area contributed by atoms with Gasteiger partial charge in [0.05, 0.1) is 16.8 Å². The molecule has 0 saturated carbocycles. The molecule has 0 aliphatic carbocycles. The Hall–Kier alpha value is -3.40. The largest absolute Gasteiger partial charge is 0.261 e. The summed E-state index contributed by atoms with van der Waals surface area (Å²) >= 11 is 0. The average molecular weight is 437 g/mol. The van der Waals surface area contributed by atoms with Crippen LogP contribution in [0.3, 0.4) is 0 Å². The van der Waals surface area contributed by atoms with Crippen molar-refractivity contribution in [2.75, 3.05) is 0 Å².